The Kier molecular flexibility index (Phi) is 9.04. The van der Waals surface area contributed by atoms with Gasteiger partial charge < -0.3 is 5.32 Å². The Bertz CT molecular complexity index is 592. The van der Waals surface area contributed by atoms with Gasteiger partial charge in [-0.05, 0) is 57.2 Å². The number of carbonyl (C=O) groups excluding carboxylic acids is 1. The predicted molar refractivity (Wildman–Crippen MR) is 100 cm³/mol. The molecule has 0 radical (unpaired) electrons. The van der Waals surface area contributed by atoms with E-state index in [0.717, 1.165) is 25.7 Å². The van der Waals surface area contributed by atoms with Crippen molar-refractivity contribution >= 4 is 15.7 Å². The van der Waals surface area contributed by atoms with Crippen molar-refractivity contribution in [2.24, 2.45) is 0 Å². The molecule has 0 aliphatic heterocycles. The maximum absolute atomic E-state index is 12.0. The molecule has 0 aliphatic carbocycles. The van der Waals surface area contributed by atoms with E-state index in [4.69, 9.17) is 0 Å². The second-order valence-electron chi connectivity index (χ2n) is 6.53. The number of hydrogen-bond donors (Lipinski definition) is 1. The van der Waals surface area contributed by atoms with Gasteiger partial charge in [-0.2, -0.15) is 0 Å². The molecule has 0 saturated carbocycles. The van der Waals surface area contributed by atoms with Gasteiger partial charge in [0, 0.05) is 12.1 Å². The summed E-state index contributed by atoms with van der Waals surface area (Å²) in [5.41, 5.74) is 1.94. The van der Waals surface area contributed by atoms with Crippen molar-refractivity contribution in [2.75, 3.05) is 12.3 Å². The first-order valence-corrected chi connectivity index (χ1v) is 10.7. The Morgan fingerprint density at radius 1 is 1.04 bits per heavy atom. The minimum atomic E-state index is -2.94. The first-order valence-electron chi connectivity index (χ1n) is 8.95. The molecule has 0 aliphatic rings. The lowest BCUT2D eigenvalue weighted by Crippen LogP contribution is -2.24. The zero-order chi connectivity index (χ0) is 18.0. The Morgan fingerprint density at radius 3 is 2.29 bits per heavy atom. The van der Waals surface area contributed by atoms with Gasteiger partial charge in [-0.25, -0.2) is 8.42 Å². The SMILES string of the molecule is CCCCc1ccc(C(=O)NCCCCCS(=O)(=O)C(C)C)cc1. The monoisotopic (exact) mass is 353 g/mol. The lowest BCUT2D eigenvalue weighted by atomic mass is 10.1. The summed E-state index contributed by atoms with van der Waals surface area (Å²) in [7, 11) is -2.94. The number of carbonyl (C=O) groups is 1. The third kappa shape index (κ3) is 7.47. The highest BCUT2D eigenvalue weighted by molar-refractivity contribution is 7.91. The van der Waals surface area contributed by atoms with E-state index in [0.29, 0.717) is 18.5 Å². The maximum Gasteiger partial charge on any atom is 0.251 e. The number of rotatable bonds is 11. The Hall–Kier alpha value is -1.36. The Labute approximate surface area is 147 Å². The van der Waals surface area contributed by atoms with Crippen LogP contribution in [0.5, 0.6) is 0 Å². The minimum Gasteiger partial charge on any atom is -0.352 e. The first-order chi connectivity index (χ1) is 11.4. The van der Waals surface area contributed by atoms with Crippen LogP contribution in [-0.2, 0) is 16.3 Å². The molecular formula is C19H31NO3S. The van der Waals surface area contributed by atoms with Crippen molar-refractivity contribution < 1.29 is 13.2 Å². The molecule has 0 aromatic heterocycles. The fraction of sp³-hybridized carbons (Fsp3) is 0.632. The van der Waals surface area contributed by atoms with Crippen molar-refractivity contribution in [3.63, 3.8) is 0 Å². The number of unbranched alkanes of at least 4 members (excludes halogenated alkanes) is 3. The van der Waals surface area contributed by atoms with Gasteiger partial charge in [-0.1, -0.05) is 31.9 Å². The van der Waals surface area contributed by atoms with E-state index in [9.17, 15) is 13.2 Å². The van der Waals surface area contributed by atoms with Crippen molar-refractivity contribution in [2.45, 2.75) is 64.5 Å². The lowest BCUT2D eigenvalue weighted by molar-refractivity contribution is 0.0953. The van der Waals surface area contributed by atoms with Crippen LogP contribution < -0.4 is 5.32 Å². The summed E-state index contributed by atoms with van der Waals surface area (Å²) in [5, 5.41) is 2.59. The first kappa shape index (κ1) is 20.7. The number of benzene rings is 1. The van der Waals surface area contributed by atoms with E-state index < -0.39 is 9.84 Å². The zero-order valence-corrected chi connectivity index (χ0v) is 16.0. The average Bonchev–Trinajstić information content (AvgIpc) is 2.56. The highest BCUT2D eigenvalue weighted by Gasteiger charge is 2.14. The van der Waals surface area contributed by atoms with E-state index in [2.05, 4.69) is 12.2 Å². The van der Waals surface area contributed by atoms with E-state index in [1.54, 1.807) is 13.8 Å². The fourth-order valence-electron chi connectivity index (χ4n) is 2.35. The van der Waals surface area contributed by atoms with Crippen LogP contribution in [0.3, 0.4) is 0 Å². The summed E-state index contributed by atoms with van der Waals surface area (Å²) >= 11 is 0. The molecule has 0 atom stereocenters. The van der Waals surface area contributed by atoms with E-state index >= 15 is 0 Å². The van der Waals surface area contributed by atoms with E-state index in [-0.39, 0.29) is 16.9 Å². The molecule has 1 N–H and O–H groups in total. The van der Waals surface area contributed by atoms with Gasteiger partial charge >= 0.3 is 0 Å². The van der Waals surface area contributed by atoms with Crippen LogP contribution in [0.15, 0.2) is 24.3 Å². The normalized spacial score (nSPS) is 11.7. The molecule has 0 fully saturated rings. The molecule has 0 heterocycles. The third-order valence-electron chi connectivity index (χ3n) is 4.14. The second kappa shape index (κ2) is 10.5. The molecule has 0 spiro atoms. The smallest absolute Gasteiger partial charge is 0.251 e. The quantitative estimate of drug-likeness (QED) is 0.616. The summed E-state index contributed by atoms with van der Waals surface area (Å²) in [6, 6.07) is 7.77. The molecule has 0 bridgehead atoms. The third-order valence-corrected chi connectivity index (χ3v) is 6.44. The average molecular weight is 354 g/mol. The van der Waals surface area contributed by atoms with Gasteiger partial charge in [-0.3, -0.25) is 4.79 Å². The standard InChI is InChI=1S/C19H31NO3S/c1-4-5-9-17-10-12-18(13-11-17)19(21)20-14-7-6-8-15-24(22,23)16(2)3/h10-13,16H,4-9,14-15H2,1-3H3,(H,20,21). The van der Waals surface area contributed by atoms with Crippen molar-refractivity contribution in [1.82, 2.24) is 5.32 Å². The lowest BCUT2D eigenvalue weighted by Gasteiger charge is -2.08. The van der Waals surface area contributed by atoms with Gasteiger partial charge in [0.2, 0.25) is 0 Å². The topological polar surface area (TPSA) is 63.2 Å². The second-order valence-corrected chi connectivity index (χ2v) is 9.21. The van der Waals surface area contributed by atoms with E-state index in [1.165, 1.54) is 12.0 Å². The van der Waals surface area contributed by atoms with Crippen LogP contribution in [0.1, 0.15) is 68.8 Å². The van der Waals surface area contributed by atoms with Gasteiger partial charge in [0.1, 0.15) is 0 Å². The Balaban J connectivity index is 2.24. The number of hydrogen-bond acceptors (Lipinski definition) is 3. The van der Waals surface area contributed by atoms with Crippen molar-refractivity contribution in [1.29, 1.82) is 0 Å². The molecule has 24 heavy (non-hydrogen) atoms. The number of sulfone groups is 1. The van der Waals surface area contributed by atoms with Gasteiger partial charge in [0.25, 0.3) is 5.91 Å². The highest BCUT2D eigenvalue weighted by Crippen LogP contribution is 2.08. The fourth-order valence-corrected chi connectivity index (χ4v) is 3.43. The van der Waals surface area contributed by atoms with Crippen molar-refractivity contribution in [3.8, 4) is 0 Å². The van der Waals surface area contributed by atoms with Gasteiger partial charge in [0.15, 0.2) is 9.84 Å². The largest absolute Gasteiger partial charge is 0.352 e. The summed E-state index contributed by atoms with van der Waals surface area (Å²) < 4.78 is 23.4. The number of nitrogens with one attached hydrogen (secondary N) is 1. The van der Waals surface area contributed by atoms with Crippen LogP contribution in [0.2, 0.25) is 0 Å². The summed E-state index contributed by atoms with van der Waals surface area (Å²) in [6.45, 7) is 6.17. The van der Waals surface area contributed by atoms with E-state index in [1.807, 2.05) is 24.3 Å². The summed E-state index contributed by atoms with van der Waals surface area (Å²) in [4.78, 5) is 12.0. The molecule has 1 aromatic carbocycles. The number of aryl methyl sites for hydroxylation is 1. The van der Waals surface area contributed by atoms with Gasteiger partial charge in [0.05, 0.1) is 11.0 Å². The van der Waals surface area contributed by atoms with Crippen LogP contribution in [0.25, 0.3) is 0 Å². The Morgan fingerprint density at radius 2 is 1.71 bits per heavy atom. The van der Waals surface area contributed by atoms with Crippen LogP contribution in [0, 0.1) is 0 Å². The minimum absolute atomic E-state index is 0.0631. The molecule has 4 nitrogen and oxygen atoms in total. The van der Waals surface area contributed by atoms with Crippen LogP contribution in [-0.4, -0.2) is 31.9 Å². The van der Waals surface area contributed by atoms with Crippen molar-refractivity contribution in [3.05, 3.63) is 35.4 Å². The number of amides is 1. The summed E-state index contributed by atoms with van der Waals surface area (Å²) in [5.74, 6) is 0.171. The molecule has 5 heteroatoms. The molecule has 0 unspecified atom stereocenters. The molecule has 136 valence electrons. The zero-order valence-electron chi connectivity index (χ0n) is 15.2. The molecule has 1 amide bonds. The molecular weight excluding hydrogens is 322 g/mol. The van der Waals surface area contributed by atoms with Crippen LogP contribution in [0.4, 0.5) is 0 Å². The molecule has 0 saturated heterocycles. The highest BCUT2D eigenvalue weighted by atomic mass is 32.2. The van der Waals surface area contributed by atoms with Crippen LogP contribution >= 0.6 is 0 Å². The van der Waals surface area contributed by atoms with Gasteiger partial charge in [-0.15, -0.1) is 0 Å². The predicted octanol–water partition coefficient (Wildman–Crippen LogP) is 3.75. The maximum atomic E-state index is 12.0. The summed E-state index contributed by atoms with van der Waals surface area (Å²) in [6.07, 6.45) is 5.65. The molecule has 1 aromatic rings. The molecule has 1 rings (SSSR count).